The molecule has 2 unspecified atom stereocenters. The zero-order valence-electron chi connectivity index (χ0n) is 7.15. The molecule has 0 spiro atoms. The number of hydrogen-bond acceptors (Lipinski definition) is 1. The summed E-state index contributed by atoms with van der Waals surface area (Å²) in [5, 5.41) is 3.40. The van der Waals surface area contributed by atoms with Crippen LogP contribution in [0.15, 0.2) is 0 Å². The quantitative estimate of drug-likeness (QED) is 0.614. The average molecular weight is 164 g/mol. The number of nitrogens with one attached hydrogen (secondary N) is 1. The molecule has 0 aliphatic rings. The maximum atomic E-state index is 5.63. The molecular formula is C8H18ClN. The Morgan fingerprint density at radius 1 is 1.30 bits per heavy atom. The van der Waals surface area contributed by atoms with Crippen LogP contribution in [0.25, 0.3) is 0 Å². The normalized spacial score (nSPS) is 16.8. The summed E-state index contributed by atoms with van der Waals surface area (Å²) in [6.45, 7) is 6.51. The topological polar surface area (TPSA) is 12.0 Å². The summed E-state index contributed by atoms with van der Waals surface area (Å²) >= 11 is 5.63. The molecule has 2 heteroatoms. The Bertz CT molecular complexity index is 75.7. The third-order valence-electron chi connectivity index (χ3n) is 1.52. The highest BCUT2D eigenvalue weighted by Crippen LogP contribution is 1.97. The van der Waals surface area contributed by atoms with Gasteiger partial charge < -0.3 is 5.32 Å². The maximum absolute atomic E-state index is 5.63. The van der Waals surface area contributed by atoms with E-state index in [4.69, 9.17) is 11.6 Å². The van der Waals surface area contributed by atoms with Crippen LogP contribution in [-0.2, 0) is 0 Å². The van der Waals surface area contributed by atoms with E-state index in [1.807, 2.05) is 0 Å². The lowest BCUT2D eigenvalue weighted by molar-refractivity contribution is 0.464. The molecule has 0 aromatic carbocycles. The monoisotopic (exact) mass is 163 g/mol. The van der Waals surface area contributed by atoms with E-state index < -0.39 is 0 Å². The molecule has 0 rings (SSSR count). The molecule has 62 valence electrons. The summed E-state index contributed by atoms with van der Waals surface area (Å²) in [5.41, 5.74) is 0. The fourth-order valence-corrected chi connectivity index (χ4v) is 1.14. The van der Waals surface area contributed by atoms with Gasteiger partial charge in [0.1, 0.15) is 0 Å². The van der Waals surface area contributed by atoms with Crippen LogP contribution in [0, 0.1) is 0 Å². The van der Waals surface area contributed by atoms with Gasteiger partial charge in [-0.05, 0) is 20.3 Å². The van der Waals surface area contributed by atoms with Gasteiger partial charge in [-0.1, -0.05) is 13.3 Å². The van der Waals surface area contributed by atoms with Gasteiger partial charge in [-0.15, -0.1) is 11.6 Å². The second kappa shape index (κ2) is 5.99. The maximum Gasteiger partial charge on any atom is 0.0374 e. The first kappa shape index (κ1) is 10.2. The summed E-state index contributed by atoms with van der Waals surface area (Å²) in [7, 11) is 0. The number of rotatable bonds is 5. The molecule has 1 N–H and O–H groups in total. The molecule has 0 fully saturated rings. The minimum atomic E-state index is 0.447. The Labute approximate surface area is 69.1 Å². The predicted molar refractivity (Wildman–Crippen MR) is 47.7 cm³/mol. The van der Waals surface area contributed by atoms with E-state index in [1.165, 1.54) is 12.8 Å². The molecule has 0 aromatic heterocycles. The van der Waals surface area contributed by atoms with Crippen LogP contribution < -0.4 is 5.32 Å². The van der Waals surface area contributed by atoms with E-state index in [-0.39, 0.29) is 0 Å². The van der Waals surface area contributed by atoms with E-state index in [0.717, 1.165) is 0 Å². The second-order valence-corrected chi connectivity index (χ2v) is 3.22. The van der Waals surface area contributed by atoms with Gasteiger partial charge in [-0.2, -0.15) is 0 Å². The number of alkyl halides is 1. The molecule has 0 saturated carbocycles. The smallest absolute Gasteiger partial charge is 0.0374 e. The fraction of sp³-hybridized carbons (Fsp3) is 1.00. The molecular weight excluding hydrogens is 146 g/mol. The van der Waals surface area contributed by atoms with Gasteiger partial charge in [0.25, 0.3) is 0 Å². The summed E-state index contributed by atoms with van der Waals surface area (Å²) in [6, 6.07) is 1.06. The van der Waals surface area contributed by atoms with Crippen molar-refractivity contribution >= 4 is 11.6 Å². The highest BCUT2D eigenvalue weighted by Gasteiger charge is 2.03. The van der Waals surface area contributed by atoms with Crippen molar-refractivity contribution in [2.24, 2.45) is 0 Å². The second-order valence-electron chi connectivity index (χ2n) is 2.91. The van der Waals surface area contributed by atoms with Gasteiger partial charge in [-0.3, -0.25) is 0 Å². The van der Waals surface area contributed by atoms with Gasteiger partial charge in [-0.25, -0.2) is 0 Å². The van der Waals surface area contributed by atoms with Crippen LogP contribution in [0.3, 0.4) is 0 Å². The van der Waals surface area contributed by atoms with E-state index in [9.17, 15) is 0 Å². The number of halogens is 1. The van der Waals surface area contributed by atoms with Crippen molar-refractivity contribution in [3.05, 3.63) is 0 Å². The van der Waals surface area contributed by atoms with Crippen molar-refractivity contribution in [3.8, 4) is 0 Å². The Morgan fingerprint density at radius 2 is 1.90 bits per heavy atom. The highest BCUT2D eigenvalue weighted by atomic mass is 35.5. The third kappa shape index (κ3) is 5.07. The summed E-state index contributed by atoms with van der Waals surface area (Å²) < 4.78 is 0. The van der Waals surface area contributed by atoms with Gasteiger partial charge in [0.15, 0.2) is 0 Å². The van der Waals surface area contributed by atoms with Crippen LogP contribution in [0.5, 0.6) is 0 Å². The van der Waals surface area contributed by atoms with Crippen LogP contribution >= 0.6 is 11.6 Å². The SMILES string of the molecule is CCCC(C)NC(C)CCl. The molecule has 0 bridgehead atoms. The molecule has 0 amide bonds. The first-order chi connectivity index (χ1) is 4.70. The first-order valence-electron chi connectivity index (χ1n) is 4.02. The zero-order chi connectivity index (χ0) is 7.98. The molecule has 2 atom stereocenters. The predicted octanol–water partition coefficient (Wildman–Crippen LogP) is 2.39. The van der Waals surface area contributed by atoms with E-state index in [0.29, 0.717) is 18.0 Å². The van der Waals surface area contributed by atoms with Gasteiger partial charge >= 0.3 is 0 Å². The number of hydrogen-bond donors (Lipinski definition) is 1. The average Bonchev–Trinajstić information content (AvgIpc) is 1.88. The molecule has 0 radical (unpaired) electrons. The lowest BCUT2D eigenvalue weighted by Gasteiger charge is -2.16. The Kier molecular flexibility index (Phi) is 6.14. The standard InChI is InChI=1S/C8H18ClN/c1-4-5-7(2)10-8(3)6-9/h7-8,10H,4-6H2,1-3H3. The van der Waals surface area contributed by atoms with Crippen LogP contribution in [-0.4, -0.2) is 18.0 Å². The largest absolute Gasteiger partial charge is 0.311 e. The third-order valence-corrected chi connectivity index (χ3v) is 1.99. The van der Waals surface area contributed by atoms with E-state index in [2.05, 4.69) is 26.1 Å². The minimum Gasteiger partial charge on any atom is -0.311 e. The summed E-state index contributed by atoms with van der Waals surface area (Å²) in [5.74, 6) is 0.702. The molecule has 0 aliphatic carbocycles. The Hall–Kier alpha value is 0.250. The van der Waals surface area contributed by atoms with E-state index in [1.54, 1.807) is 0 Å². The molecule has 0 aliphatic heterocycles. The van der Waals surface area contributed by atoms with Gasteiger partial charge in [0.05, 0.1) is 0 Å². The van der Waals surface area contributed by atoms with Crippen LogP contribution in [0.1, 0.15) is 33.6 Å². The lowest BCUT2D eigenvalue weighted by atomic mass is 10.2. The Balaban J connectivity index is 3.27. The Morgan fingerprint density at radius 3 is 2.30 bits per heavy atom. The molecule has 0 heterocycles. The van der Waals surface area contributed by atoms with Crippen molar-refractivity contribution in [1.29, 1.82) is 0 Å². The molecule has 1 nitrogen and oxygen atoms in total. The first-order valence-corrected chi connectivity index (χ1v) is 4.56. The van der Waals surface area contributed by atoms with Crippen LogP contribution in [0.2, 0.25) is 0 Å². The lowest BCUT2D eigenvalue weighted by Crippen LogP contribution is -2.35. The van der Waals surface area contributed by atoms with Crippen LogP contribution in [0.4, 0.5) is 0 Å². The van der Waals surface area contributed by atoms with E-state index >= 15 is 0 Å². The van der Waals surface area contributed by atoms with Gasteiger partial charge in [0.2, 0.25) is 0 Å². The molecule has 10 heavy (non-hydrogen) atoms. The highest BCUT2D eigenvalue weighted by molar-refractivity contribution is 6.18. The molecule has 0 saturated heterocycles. The van der Waals surface area contributed by atoms with Crippen molar-refractivity contribution in [2.75, 3.05) is 5.88 Å². The molecule has 0 aromatic rings. The fourth-order valence-electron chi connectivity index (χ4n) is 1.05. The summed E-state index contributed by atoms with van der Waals surface area (Å²) in [6.07, 6.45) is 2.48. The van der Waals surface area contributed by atoms with Crippen molar-refractivity contribution in [3.63, 3.8) is 0 Å². The van der Waals surface area contributed by atoms with Crippen molar-refractivity contribution in [2.45, 2.75) is 45.7 Å². The minimum absolute atomic E-state index is 0.447. The zero-order valence-corrected chi connectivity index (χ0v) is 7.91. The van der Waals surface area contributed by atoms with Crippen molar-refractivity contribution in [1.82, 2.24) is 5.32 Å². The van der Waals surface area contributed by atoms with Gasteiger partial charge in [0, 0.05) is 18.0 Å². The summed E-state index contributed by atoms with van der Waals surface area (Å²) in [4.78, 5) is 0. The van der Waals surface area contributed by atoms with Crippen molar-refractivity contribution < 1.29 is 0 Å².